The normalized spacial score (nSPS) is 11.8. The van der Waals surface area contributed by atoms with E-state index in [-0.39, 0.29) is 5.56 Å². The molecule has 0 fully saturated rings. The van der Waals surface area contributed by atoms with Crippen molar-refractivity contribution in [3.63, 3.8) is 0 Å². The van der Waals surface area contributed by atoms with Gasteiger partial charge in [-0.2, -0.15) is 5.26 Å². The fourth-order valence-electron chi connectivity index (χ4n) is 1.83. The van der Waals surface area contributed by atoms with E-state index in [9.17, 15) is 13.6 Å². The lowest BCUT2D eigenvalue weighted by molar-refractivity contribution is 0.111. The maximum Gasteiger partial charge on any atom is 0.186 e. The van der Waals surface area contributed by atoms with Crippen molar-refractivity contribution in [1.29, 1.82) is 5.26 Å². The molecule has 0 N–H and O–H groups in total. The Morgan fingerprint density at radius 3 is 2.08 bits per heavy atom. The van der Waals surface area contributed by atoms with E-state index in [1.54, 1.807) is 18.2 Å². The van der Waals surface area contributed by atoms with Gasteiger partial charge in [-0.05, 0) is 56.0 Å². The predicted molar refractivity (Wildman–Crippen MR) is 106 cm³/mol. The van der Waals surface area contributed by atoms with Crippen molar-refractivity contribution in [2.75, 3.05) is 0 Å². The van der Waals surface area contributed by atoms with Gasteiger partial charge >= 0.3 is 0 Å². The number of hydrogen-bond donors (Lipinski definition) is 0. The molecule has 2 rings (SSSR count). The molecule has 0 saturated carbocycles. The summed E-state index contributed by atoms with van der Waals surface area (Å²) >= 11 is 6.36. The first-order valence-corrected chi connectivity index (χ1v) is 12.5. The Hall–Kier alpha value is -1.40. The number of hydrogen-bond acceptors (Lipinski definition) is 3. The molecule has 1 unspecified atom stereocenters. The Balaban J connectivity index is 0.000000289. The van der Waals surface area contributed by atoms with Crippen LogP contribution in [0.2, 0.25) is 19.6 Å². The second kappa shape index (κ2) is 10.1. The zero-order valence-corrected chi connectivity index (χ0v) is 18.6. The molecule has 0 aliphatic rings. The van der Waals surface area contributed by atoms with Crippen LogP contribution in [-0.4, -0.2) is 14.6 Å². The van der Waals surface area contributed by atoms with Gasteiger partial charge in [-0.25, -0.2) is 8.78 Å². The first-order valence-electron chi connectivity index (χ1n) is 7.50. The Morgan fingerprint density at radius 1 is 1.08 bits per heavy atom. The van der Waals surface area contributed by atoms with Gasteiger partial charge in [-0.1, -0.05) is 31.9 Å². The Labute approximate surface area is 169 Å². The van der Waals surface area contributed by atoms with Gasteiger partial charge in [0.15, 0.2) is 20.7 Å². The van der Waals surface area contributed by atoms with Crippen LogP contribution in [0.1, 0.15) is 22.0 Å². The first kappa shape index (κ1) is 22.6. The second-order valence-corrected chi connectivity index (χ2v) is 12.5. The molecule has 0 aliphatic carbocycles. The standard InChI is InChI=1S/C11H13BrFNOSi.C7H4BrFO/c1-16(2,3)15-11(7-14)9-6-8(12)4-5-10(9)13;8-6-1-2-7(9)5(3-6)4-10/h4-6,11H,1-3H3;1-4H. The van der Waals surface area contributed by atoms with E-state index in [4.69, 9.17) is 9.69 Å². The minimum absolute atomic E-state index is 0.0781. The summed E-state index contributed by atoms with van der Waals surface area (Å²) in [7, 11) is -1.87. The summed E-state index contributed by atoms with van der Waals surface area (Å²) in [4.78, 5) is 10.1. The molecule has 0 bridgehead atoms. The number of carbonyl (C=O) groups excluding carboxylic acids is 1. The van der Waals surface area contributed by atoms with Crippen molar-refractivity contribution in [2.24, 2.45) is 0 Å². The summed E-state index contributed by atoms with van der Waals surface area (Å²) in [5.74, 6) is -0.897. The highest BCUT2D eigenvalue weighted by Crippen LogP contribution is 2.26. The van der Waals surface area contributed by atoms with Crippen molar-refractivity contribution < 1.29 is 18.0 Å². The third-order valence-electron chi connectivity index (χ3n) is 2.91. The molecule has 138 valence electrons. The molecule has 0 amide bonds. The van der Waals surface area contributed by atoms with Gasteiger partial charge in [0.1, 0.15) is 11.6 Å². The molecule has 8 heteroatoms. The number of nitriles is 1. The summed E-state index contributed by atoms with van der Waals surface area (Å²) in [6, 6.07) is 10.7. The fourth-order valence-corrected chi connectivity index (χ4v) is 3.48. The summed E-state index contributed by atoms with van der Waals surface area (Å²) in [5.41, 5.74) is 0.369. The number of aldehydes is 1. The van der Waals surface area contributed by atoms with Crippen molar-refractivity contribution in [2.45, 2.75) is 25.7 Å². The number of benzene rings is 2. The number of rotatable bonds is 4. The van der Waals surface area contributed by atoms with Crippen LogP contribution in [-0.2, 0) is 4.43 Å². The predicted octanol–water partition coefficient (Wildman–Crippen LogP) is 6.41. The lowest BCUT2D eigenvalue weighted by atomic mass is 10.1. The van der Waals surface area contributed by atoms with E-state index >= 15 is 0 Å². The minimum atomic E-state index is -1.87. The van der Waals surface area contributed by atoms with Crippen molar-refractivity contribution >= 4 is 46.5 Å². The zero-order chi connectivity index (χ0) is 19.9. The van der Waals surface area contributed by atoms with Gasteiger partial charge in [0, 0.05) is 14.5 Å². The van der Waals surface area contributed by atoms with Gasteiger partial charge in [0.25, 0.3) is 0 Å². The maximum absolute atomic E-state index is 13.5. The summed E-state index contributed by atoms with van der Waals surface area (Å²) < 4.78 is 33.1. The van der Waals surface area contributed by atoms with Gasteiger partial charge in [-0.15, -0.1) is 0 Å². The quantitative estimate of drug-likeness (QED) is 0.357. The maximum atomic E-state index is 13.5. The largest absolute Gasteiger partial charge is 0.399 e. The SMILES string of the molecule is C[Si](C)(C)OC(C#N)c1cc(Br)ccc1F.O=Cc1cc(Br)ccc1F. The number of halogens is 4. The summed E-state index contributed by atoms with van der Waals surface area (Å²) in [6.45, 7) is 5.90. The van der Waals surface area contributed by atoms with Gasteiger partial charge in [0.2, 0.25) is 0 Å². The van der Waals surface area contributed by atoms with Gasteiger partial charge in [-0.3, -0.25) is 4.79 Å². The smallest absolute Gasteiger partial charge is 0.186 e. The molecule has 2 aromatic rings. The topological polar surface area (TPSA) is 50.1 Å². The van der Waals surface area contributed by atoms with Crippen LogP contribution in [0.15, 0.2) is 45.3 Å². The van der Waals surface area contributed by atoms with E-state index in [0.29, 0.717) is 16.3 Å². The average molecular weight is 505 g/mol. The molecule has 0 heterocycles. The van der Waals surface area contributed by atoms with Crippen LogP contribution >= 0.6 is 31.9 Å². The van der Waals surface area contributed by atoms with E-state index in [1.807, 2.05) is 25.7 Å². The third kappa shape index (κ3) is 7.46. The lowest BCUT2D eigenvalue weighted by Gasteiger charge is -2.22. The number of nitrogens with zero attached hydrogens (tertiary/aromatic N) is 1. The zero-order valence-electron chi connectivity index (χ0n) is 14.4. The molecule has 0 radical (unpaired) electrons. The Morgan fingerprint density at radius 2 is 1.62 bits per heavy atom. The Bertz CT molecular complexity index is 820. The fraction of sp³-hybridized carbons (Fsp3) is 0.222. The van der Waals surface area contributed by atoms with Gasteiger partial charge < -0.3 is 4.43 Å². The van der Waals surface area contributed by atoms with Crippen LogP contribution in [0.3, 0.4) is 0 Å². The third-order valence-corrected chi connectivity index (χ3v) is 4.84. The molecule has 0 spiro atoms. The van der Waals surface area contributed by atoms with Crippen molar-refractivity contribution in [1.82, 2.24) is 0 Å². The molecule has 2 aromatic carbocycles. The molecular weight excluding hydrogens is 488 g/mol. The minimum Gasteiger partial charge on any atom is -0.399 e. The van der Waals surface area contributed by atoms with Gasteiger partial charge in [0.05, 0.1) is 11.6 Å². The average Bonchev–Trinajstić information content (AvgIpc) is 2.57. The van der Waals surface area contributed by atoms with Crippen molar-refractivity contribution in [3.05, 3.63) is 68.1 Å². The van der Waals surface area contributed by atoms with Crippen molar-refractivity contribution in [3.8, 4) is 6.07 Å². The van der Waals surface area contributed by atoms with Crippen LogP contribution in [0.25, 0.3) is 0 Å². The monoisotopic (exact) mass is 503 g/mol. The molecule has 0 aliphatic heterocycles. The second-order valence-electron chi connectivity index (χ2n) is 6.19. The van der Waals surface area contributed by atoms with E-state index in [0.717, 1.165) is 4.47 Å². The van der Waals surface area contributed by atoms with E-state index in [1.165, 1.54) is 18.2 Å². The van der Waals surface area contributed by atoms with Crippen LogP contribution in [0, 0.1) is 23.0 Å². The Kier molecular flexibility index (Phi) is 8.76. The molecule has 26 heavy (non-hydrogen) atoms. The lowest BCUT2D eigenvalue weighted by Crippen LogP contribution is -2.27. The molecule has 3 nitrogen and oxygen atoms in total. The van der Waals surface area contributed by atoms with Crippen LogP contribution in [0.5, 0.6) is 0 Å². The highest BCUT2D eigenvalue weighted by molar-refractivity contribution is 9.10. The van der Waals surface area contributed by atoms with E-state index in [2.05, 4.69) is 31.9 Å². The van der Waals surface area contributed by atoms with Crippen LogP contribution < -0.4 is 0 Å². The molecule has 1 atom stereocenters. The number of carbonyl (C=O) groups is 1. The molecular formula is C18H17Br2F2NO2Si. The summed E-state index contributed by atoms with van der Waals surface area (Å²) in [5, 5.41) is 9.02. The highest BCUT2D eigenvalue weighted by Gasteiger charge is 2.24. The van der Waals surface area contributed by atoms with Crippen LogP contribution in [0.4, 0.5) is 8.78 Å². The highest BCUT2D eigenvalue weighted by atomic mass is 79.9. The molecule has 0 saturated heterocycles. The first-order chi connectivity index (χ1) is 12.1. The van der Waals surface area contributed by atoms with E-state index < -0.39 is 26.1 Å². The molecule has 0 aromatic heterocycles. The summed E-state index contributed by atoms with van der Waals surface area (Å²) in [6.07, 6.45) is -0.343.